The molecule has 0 fully saturated rings. The first-order chi connectivity index (χ1) is 47.0. The van der Waals surface area contributed by atoms with Crippen molar-refractivity contribution in [1.29, 1.82) is 0 Å². The molecular weight excluding hydrogens is 1250 g/mol. The van der Waals surface area contributed by atoms with Crippen LogP contribution in [0.5, 0.6) is 0 Å². The second-order valence-electron chi connectivity index (χ2n) is 26.6. The molecule has 0 bridgehead atoms. The van der Waals surface area contributed by atoms with Crippen LogP contribution in [-0.4, -0.2) is 262 Å². The van der Waals surface area contributed by atoms with E-state index in [1.807, 2.05) is 81.4 Å². The van der Waals surface area contributed by atoms with Crippen molar-refractivity contribution in [3.63, 3.8) is 0 Å². The van der Waals surface area contributed by atoms with Crippen LogP contribution in [0, 0.1) is 0 Å². The average Bonchev–Trinajstić information content (AvgIpc) is 1.14. The summed E-state index contributed by atoms with van der Waals surface area (Å²) in [7, 11) is 12.4. The number of carbonyl (C=O) groups is 6. The molecule has 0 aromatic heterocycles. The molecular formula is C81H146N6O12+6. The van der Waals surface area contributed by atoms with E-state index in [1.54, 1.807) is 43.4 Å². The van der Waals surface area contributed by atoms with Gasteiger partial charge in [-0.25, -0.2) is 28.8 Å². The van der Waals surface area contributed by atoms with Crippen molar-refractivity contribution < 1.29 is 84.1 Å². The van der Waals surface area contributed by atoms with Gasteiger partial charge >= 0.3 is 35.8 Å². The molecule has 0 amide bonds. The third-order valence-electron chi connectivity index (χ3n) is 17.3. The molecule has 18 nitrogen and oxygen atoms in total. The van der Waals surface area contributed by atoms with Gasteiger partial charge in [0.15, 0.2) is 0 Å². The number of carbonyl (C=O) groups excluding carboxylic acids is 6. The molecule has 1 unspecified atom stereocenters. The van der Waals surface area contributed by atoms with E-state index < -0.39 is 0 Å². The Balaban J connectivity index is -0.000000550. The topological polar surface area (TPSA) is 158 Å². The van der Waals surface area contributed by atoms with Crippen LogP contribution in [0.2, 0.25) is 0 Å². The van der Waals surface area contributed by atoms with Crippen molar-refractivity contribution in [2.75, 3.05) is 200 Å². The molecule has 2 rings (SSSR count). The number of ether oxygens (including phenoxy) is 6. The van der Waals surface area contributed by atoms with Crippen LogP contribution >= 0.6 is 0 Å². The van der Waals surface area contributed by atoms with Crippen molar-refractivity contribution in [2.45, 2.75) is 143 Å². The maximum Gasteiger partial charge on any atom is 0.330 e. The third kappa shape index (κ3) is 55.9. The van der Waals surface area contributed by atoms with Crippen LogP contribution in [-0.2, 0) is 57.2 Å². The monoisotopic (exact) mass is 1400 g/mol. The number of esters is 6. The van der Waals surface area contributed by atoms with E-state index in [2.05, 4.69) is 125 Å². The molecule has 2 aromatic rings. The zero-order valence-electron chi connectivity index (χ0n) is 66.8. The molecule has 566 valence electrons. The van der Waals surface area contributed by atoms with Crippen LogP contribution < -0.4 is 0 Å². The Hall–Kier alpha value is -6.54. The lowest BCUT2D eigenvalue weighted by Gasteiger charge is -2.37. The first-order valence-corrected chi connectivity index (χ1v) is 37.0. The average molecular weight is 1400 g/mol. The Morgan fingerprint density at radius 2 is 0.505 bits per heavy atom. The predicted molar refractivity (Wildman–Crippen MR) is 412 cm³/mol. The summed E-state index contributed by atoms with van der Waals surface area (Å²) < 4.78 is 36.6. The Bertz CT molecular complexity index is 2520. The minimum atomic E-state index is -0.290. The summed E-state index contributed by atoms with van der Waals surface area (Å²) in [5, 5.41) is 0. The number of quaternary nitrogens is 6. The molecule has 0 spiro atoms. The number of rotatable bonds is 43. The zero-order valence-corrected chi connectivity index (χ0v) is 66.8. The number of benzene rings is 2. The van der Waals surface area contributed by atoms with E-state index in [4.69, 9.17) is 28.4 Å². The maximum absolute atomic E-state index is 11.7. The second kappa shape index (κ2) is 61.3. The van der Waals surface area contributed by atoms with Gasteiger partial charge in [-0.15, -0.1) is 0 Å². The smallest absolute Gasteiger partial charge is 0.330 e. The number of hydrogen-bond donors (Lipinski definition) is 0. The minimum Gasteiger partial charge on any atom is -0.457 e. The molecule has 2 aromatic carbocycles. The molecule has 99 heavy (non-hydrogen) atoms. The van der Waals surface area contributed by atoms with Crippen LogP contribution in [0.15, 0.2) is 121 Å². The van der Waals surface area contributed by atoms with Gasteiger partial charge in [-0.3, -0.25) is 0 Å². The molecule has 0 aliphatic rings. The van der Waals surface area contributed by atoms with Crippen molar-refractivity contribution in [3.05, 3.63) is 133 Å². The Kier molecular flexibility index (Phi) is 61.2. The minimum absolute atomic E-state index is 0.223. The largest absolute Gasteiger partial charge is 0.457 e. The summed E-state index contributed by atoms with van der Waals surface area (Å²) in [4.78, 5) is 67.4. The summed E-state index contributed by atoms with van der Waals surface area (Å²) in [6.07, 6.45) is 25.1. The molecule has 1 atom stereocenters. The van der Waals surface area contributed by atoms with E-state index in [1.165, 1.54) is 94.7 Å². The van der Waals surface area contributed by atoms with Gasteiger partial charge in [-0.1, -0.05) is 119 Å². The number of allylic oxidation sites excluding steroid dienone is 4. The highest BCUT2D eigenvalue weighted by Gasteiger charge is 2.26. The van der Waals surface area contributed by atoms with Crippen LogP contribution in [0.4, 0.5) is 0 Å². The van der Waals surface area contributed by atoms with Gasteiger partial charge in [0.1, 0.15) is 78.9 Å². The van der Waals surface area contributed by atoms with E-state index in [0.29, 0.717) is 39.6 Å². The van der Waals surface area contributed by atoms with Crippen LogP contribution in [0.3, 0.4) is 0 Å². The van der Waals surface area contributed by atoms with Crippen LogP contribution in [0.25, 0.3) is 12.2 Å². The predicted octanol–water partition coefficient (Wildman–Crippen LogP) is 13.8. The highest BCUT2D eigenvalue weighted by Crippen LogP contribution is 2.13. The van der Waals surface area contributed by atoms with E-state index >= 15 is 0 Å². The molecule has 0 radical (unpaired) electrons. The van der Waals surface area contributed by atoms with Crippen molar-refractivity contribution in [1.82, 2.24) is 0 Å². The molecule has 0 N–H and O–H groups in total. The lowest BCUT2D eigenvalue weighted by molar-refractivity contribution is -0.926. The Labute approximate surface area is 604 Å². The summed E-state index contributed by atoms with van der Waals surface area (Å²) in [5.41, 5.74) is 2.00. The van der Waals surface area contributed by atoms with Crippen molar-refractivity contribution in [3.8, 4) is 0 Å². The molecule has 0 heterocycles. The highest BCUT2D eigenvalue weighted by atomic mass is 16.6. The number of nitrogens with zero attached hydrogens (tertiary/aromatic N) is 6. The Morgan fingerprint density at radius 3 is 0.717 bits per heavy atom. The van der Waals surface area contributed by atoms with Gasteiger partial charge in [0.25, 0.3) is 0 Å². The first-order valence-electron chi connectivity index (χ1n) is 37.0. The van der Waals surface area contributed by atoms with E-state index in [0.717, 1.165) is 130 Å². The number of likely N-dealkylation sites (N-methyl/N-ethyl adjacent to an activating group) is 6. The summed E-state index contributed by atoms with van der Waals surface area (Å²) >= 11 is 0. The molecule has 0 saturated heterocycles. The normalized spacial score (nSPS) is 12.4. The lowest BCUT2D eigenvalue weighted by Crippen LogP contribution is -2.51. The van der Waals surface area contributed by atoms with Crippen molar-refractivity contribution in [2.24, 2.45) is 0 Å². The van der Waals surface area contributed by atoms with Gasteiger partial charge in [0.2, 0.25) is 0 Å². The number of unbranched alkanes of at least 4 members (excludes halogenated alkanes) is 1. The molecule has 18 heteroatoms. The van der Waals surface area contributed by atoms with Crippen LogP contribution in [0.1, 0.15) is 154 Å². The fraction of sp³-hybridized carbons (Fsp3) is 0.630. The summed E-state index contributed by atoms with van der Waals surface area (Å²) in [6.45, 7) is 55.4. The lowest BCUT2D eigenvalue weighted by atomic mass is 10.2. The van der Waals surface area contributed by atoms with Gasteiger partial charge < -0.3 is 55.3 Å². The van der Waals surface area contributed by atoms with Gasteiger partial charge in [0.05, 0.1) is 121 Å². The molecule has 0 aliphatic carbocycles. The number of hydrogen-bond acceptors (Lipinski definition) is 12. The zero-order chi connectivity index (χ0) is 75.9. The standard InChI is InChI=1S/C17H26NO2.C15H30NO2.C14H20NO2.C14H28NO2.C12H24NO2.C9H18NO2/c1-4-18(5-2,6-3)14-15-20-17(19)13-12-16-10-8-7-9-11-16;1-5-9-12-16(8-4,11-7-3)13-14-18-15(17)10-6-2;1-15(2,3)11-12-17-14(16)10-9-13-7-5-4-6-8-13;1-5-9-14(16)17-13-12-15(8-4,10-6-2)11-7-3;1-5-9-12(14)15-11-10-13(6-2,7-3)8-4;1-5-6-9(11)12-8-7-10(2,3)4/h7-13H,4-6,14-15H2,1-3H3;6,10H,5,7-9,11-14H2,1-4H3;4-10H,11-12H2,1-3H3;5,9H,6-8,10-13H2,1-4H3;5,9H,6-8,10-11H2,1-4H3;5-6H,7-8H2,1-4H3/q6*+1/b13-12+;10-6+;10-9+;2*9-5+;6-5+. The molecule has 0 saturated carbocycles. The van der Waals surface area contributed by atoms with Crippen molar-refractivity contribution >= 4 is 48.0 Å². The quantitative estimate of drug-likeness (QED) is 0.0268. The summed E-state index contributed by atoms with van der Waals surface area (Å²) in [5.74, 6) is -1.50. The second-order valence-corrected chi connectivity index (χ2v) is 26.6. The highest BCUT2D eigenvalue weighted by molar-refractivity contribution is 5.87. The fourth-order valence-electron chi connectivity index (χ4n) is 10.3. The van der Waals surface area contributed by atoms with E-state index in [9.17, 15) is 28.8 Å². The van der Waals surface area contributed by atoms with Gasteiger partial charge in [-0.2, -0.15) is 0 Å². The third-order valence-corrected chi connectivity index (χ3v) is 17.3. The Morgan fingerprint density at radius 1 is 0.283 bits per heavy atom. The molecule has 0 aliphatic heterocycles. The summed E-state index contributed by atoms with van der Waals surface area (Å²) in [6, 6.07) is 19.4. The van der Waals surface area contributed by atoms with Gasteiger partial charge in [-0.05, 0) is 132 Å². The fourth-order valence-corrected chi connectivity index (χ4v) is 10.3. The maximum atomic E-state index is 11.7. The van der Waals surface area contributed by atoms with Gasteiger partial charge in [0, 0.05) is 36.5 Å². The SMILES string of the molecule is C/C=C/C(=O)OCC[N+](C)(C)C.C/C=C/C(=O)OCC[N+](CC)(CC)CC.C/C=C/C(=O)OCC[N+](CC)(CCC)CCC.C/C=C/C(=O)OCC[N+](CC)(CCC)CCCC.CC[N+](CC)(CC)CCOC(=O)/C=C/c1ccccc1.C[N+](C)(C)CCOC(=O)/C=C/c1ccccc1. The first kappa shape index (κ1) is 98.8. The van der Waals surface area contributed by atoms with E-state index in [-0.39, 0.29) is 35.8 Å².